The maximum atomic E-state index is 11.6. The molecule has 82 valence electrons. The Hall–Kier alpha value is -1.40. The lowest BCUT2D eigenvalue weighted by Gasteiger charge is -2.32. The van der Waals surface area contributed by atoms with Crippen molar-refractivity contribution in [2.45, 2.75) is 0 Å². The Morgan fingerprint density at radius 2 is 2.07 bits per heavy atom. The van der Waals surface area contributed by atoms with Gasteiger partial charge in [0.05, 0.1) is 0 Å². The van der Waals surface area contributed by atoms with Crippen LogP contribution in [-0.2, 0) is 0 Å². The van der Waals surface area contributed by atoms with Crippen LogP contribution in [0.4, 0.5) is 4.79 Å². The zero-order chi connectivity index (χ0) is 10.7. The maximum absolute atomic E-state index is 11.6. The van der Waals surface area contributed by atoms with Gasteiger partial charge in [-0.15, -0.1) is 0 Å². The summed E-state index contributed by atoms with van der Waals surface area (Å²) in [5.41, 5.74) is 2.83. The van der Waals surface area contributed by atoms with E-state index in [-0.39, 0.29) is 6.03 Å². The fraction of sp³-hybridized carbons (Fsp3) is 0.556. The van der Waals surface area contributed by atoms with Crippen molar-refractivity contribution in [3.63, 3.8) is 0 Å². The second-order valence-corrected chi connectivity index (χ2v) is 3.68. The molecule has 6 nitrogen and oxygen atoms in total. The van der Waals surface area contributed by atoms with Gasteiger partial charge in [0.1, 0.15) is 6.33 Å². The van der Waals surface area contributed by atoms with Crippen molar-refractivity contribution in [2.75, 3.05) is 33.2 Å². The number of likely N-dealkylation sites (N-methyl/N-ethyl adjacent to an activating group) is 1. The average molecular weight is 209 g/mol. The third-order valence-corrected chi connectivity index (χ3v) is 2.50. The molecule has 1 fully saturated rings. The van der Waals surface area contributed by atoms with Crippen LogP contribution in [0.3, 0.4) is 0 Å². The minimum atomic E-state index is -0.156. The van der Waals surface area contributed by atoms with Crippen molar-refractivity contribution < 1.29 is 4.79 Å². The summed E-state index contributed by atoms with van der Waals surface area (Å²) in [5, 5.41) is 1.93. The zero-order valence-electron chi connectivity index (χ0n) is 8.76. The van der Waals surface area contributed by atoms with E-state index in [1.807, 2.05) is 5.01 Å². The number of rotatable bonds is 1. The Morgan fingerprint density at radius 1 is 1.33 bits per heavy atom. The lowest BCUT2D eigenvalue weighted by molar-refractivity contribution is 0.113. The van der Waals surface area contributed by atoms with Gasteiger partial charge < -0.3 is 4.90 Å². The molecule has 0 saturated carbocycles. The molecule has 0 unspecified atom stereocenters. The van der Waals surface area contributed by atoms with E-state index in [0.29, 0.717) is 0 Å². The molecule has 0 aliphatic carbocycles. The van der Waals surface area contributed by atoms with Gasteiger partial charge in [0.2, 0.25) is 0 Å². The average Bonchev–Trinajstić information content (AvgIpc) is 2.74. The highest BCUT2D eigenvalue weighted by molar-refractivity contribution is 5.75. The maximum Gasteiger partial charge on any atom is 0.341 e. The van der Waals surface area contributed by atoms with Crippen molar-refractivity contribution in [2.24, 2.45) is 0 Å². The normalized spacial score (nSPS) is 19.0. The number of nitrogens with one attached hydrogen (secondary N) is 1. The highest BCUT2D eigenvalue weighted by Gasteiger charge is 2.15. The predicted molar refractivity (Wildman–Crippen MR) is 55.2 cm³/mol. The number of carbonyl (C=O) groups is 1. The SMILES string of the molecule is CN1CCN(NC(=O)n2ccnc2)CC1. The summed E-state index contributed by atoms with van der Waals surface area (Å²) in [6.45, 7) is 3.67. The van der Waals surface area contributed by atoms with Gasteiger partial charge in [-0.25, -0.2) is 14.8 Å². The Labute approximate surface area is 88.5 Å². The Balaban J connectivity index is 1.85. The summed E-state index contributed by atoms with van der Waals surface area (Å²) in [5.74, 6) is 0. The standard InChI is InChI=1S/C9H15N5O/c1-12-4-6-14(7-5-12)11-9(15)13-3-2-10-8-13/h2-3,8H,4-7H2,1H3,(H,11,15). The molecule has 2 heterocycles. The van der Waals surface area contributed by atoms with Crippen molar-refractivity contribution in [3.05, 3.63) is 18.7 Å². The molecule has 1 saturated heterocycles. The van der Waals surface area contributed by atoms with Crippen molar-refractivity contribution in [1.82, 2.24) is 24.9 Å². The summed E-state index contributed by atoms with van der Waals surface area (Å²) in [6.07, 6.45) is 4.71. The summed E-state index contributed by atoms with van der Waals surface area (Å²) in [4.78, 5) is 17.7. The highest BCUT2D eigenvalue weighted by Crippen LogP contribution is 1.96. The number of amides is 1. The predicted octanol–water partition coefficient (Wildman–Crippen LogP) is -0.397. The highest BCUT2D eigenvalue weighted by atomic mass is 16.2. The van der Waals surface area contributed by atoms with Crippen LogP contribution in [-0.4, -0.2) is 58.7 Å². The van der Waals surface area contributed by atoms with E-state index in [1.165, 1.54) is 10.9 Å². The summed E-state index contributed by atoms with van der Waals surface area (Å²) < 4.78 is 1.43. The van der Waals surface area contributed by atoms with Crippen molar-refractivity contribution in [1.29, 1.82) is 0 Å². The topological polar surface area (TPSA) is 53.4 Å². The molecule has 0 radical (unpaired) electrons. The van der Waals surface area contributed by atoms with Gasteiger partial charge in [0.15, 0.2) is 0 Å². The molecule has 1 N–H and O–H groups in total. The molecule has 0 bridgehead atoms. The van der Waals surface area contributed by atoms with Gasteiger partial charge in [-0.1, -0.05) is 0 Å². The molecule has 2 rings (SSSR count). The number of hydrazine groups is 1. The Morgan fingerprint density at radius 3 is 2.67 bits per heavy atom. The Kier molecular flexibility index (Phi) is 2.98. The number of imidazole rings is 1. The quantitative estimate of drug-likeness (QED) is 0.684. The van der Waals surface area contributed by atoms with E-state index >= 15 is 0 Å². The Bertz CT molecular complexity index is 315. The first kappa shape index (κ1) is 10.1. The second-order valence-electron chi connectivity index (χ2n) is 3.68. The van der Waals surface area contributed by atoms with Gasteiger partial charge in [-0.05, 0) is 7.05 Å². The van der Waals surface area contributed by atoms with Gasteiger partial charge in [0, 0.05) is 38.6 Å². The van der Waals surface area contributed by atoms with Crippen LogP contribution >= 0.6 is 0 Å². The van der Waals surface area contributed by atoms with Crippen LogP contribution in [0.1, 0.15) is 0 Å². The molecule has 0 atom stereocenters. The molecule has 0 aromatic carbocycles. The molecular formula is C9H15N5O. The number of hydrogen-bond donors (Lipinski definition) is 1. The first-order valence-electron chi connectivity index (χ1n) is 4.98. The third kappa shape index (κ3) is 2.54. The number of piperazine rings is 1. The first-order valence-corrected chi connectivity index (χ1v) is 4.98. The lowest BCUT2D eigenvalue weighted by atomic mass is 10.4. The fourth-order valence-corrected chi connectivity index (χ4v) is 1.49. The van der Waals surface area contributed by atoms with Crippen LogP contribution in [0.25, 0.3) is 0 Å². The lowest BCUT2D eigenvalue weighted by Crippen LogP contribution is -2.53. The van der Waals surface area contributed by atoms with Gasteiger partial charge in [-0.2, -0.15) is 0 Å². The van der Waals surface area contributed by atoms with Crippen LogP contribution < -0.4 is 5.43 Å². The number of nitrogens with zero attached hydrogens (tertiary/aromatic N) is 4. The summed E-state index contributed by atoms with van der Waals surface area (Å²) in [6, 6.07) is -0.156. The third-order valence-electron chi connectivity index (χ3n) is 2.50. The number of carbonyl (C=O) groups excluding carboxylic acids is 1. The van der Waals surface area contributed by atoms with Crippen LogP contribution in [0, 0.1) is 0 Å². The molecule has 1 aromatic heterocycles. The van der Waals surface area contributed by atoms with E-state index in [1.54, 1.807) is 12.4 Å². The van der Waals surface area contributed by atoms with Crippen molar-refractivity contribution in [3.8, 4) is 0 Å². The molecule has 1 amide bonds. The van der Waals surface area contributed by atoms with Gasteiger partial charge in [0.25, 0.3) is 0 Å². The number of aromatic nitrogens is 2. The fourth-order valence-electron chi connectivity index (χ4n) is 1.49. The molecule has 1 aliphatic rings. The van der Waals surface area contributed by atoms with Crippen molar-refractivity contribution >= 4 is 6.03 Å². The van der Waals surface area contributed by atoms with E-state index < -0.39 is 0 Å². The monoisotopic (exact) mass is 209 g/mol. The van der Waals surface area contributed by atoms with E-state index in [4.69, 9.17) is 0 Å². The summed E-state index contributed by atoms with van der Waals surface area (Å²) in [7, 11) is 2.08. The molecule has 6 heteroatoms. The first-order chi connectivity index (χ1) is 7.25. The summed E-state index contributed by atoms with van der Waals surface area (Å²) >= 11 is 0. The number of hydrogen-bond acceptors (Lipinski definition) is 4. The smallest absolute Gasteiger partial charge is 0.304 e. The van der Waals surface area contributed by atoms with Crippen LogP contribution in [0.5, 0.6) is 0 Å². The molecule has 15 heavy (non-hydrogen) atoms. The van der Waals surface area contributed by atoms with Crippen LogP contribution in [0.15, 0.2) is 18.7 Å². The van der Waals surface area contributed by atoms with E-state index in [0.717, 1.165) is 26.2 Å². The van der Waals surface area contributed by atoms with Gasteiger partial charge >= 0.3 is 6.03 Å². The molecule has 1 aromatic rings. The minimum absolute atomic E-state index is 0.156. The van der Waals surface area contributed by atoms with Crippen LogP contribution in [0.2, 0.25) is 0 Å². The van der Waals surface area contributed by atoms with E-state index in [2.05, 4.69) is 22.4 Å². The largest absolute Gasteiger partial charge is 0.341 e. The molecule has 1 aliphatic heterocycles. The zero-order valence-corrected chi connectivity index (χ0v) is 8.76. The second kappa shape index (κ2) is 4.41. The molecular weight excluding hydrogens is 194 g/mol. The minimum Gasteiger partial charge on any atom is -0.304 e. The molecule has 0 spiro atoms. The van der Waals surface area contributed by atoms with Gasteiger partial charge in [-0.3, -0.25) is 9.99 Å². The van der Waals surface area contributed by atoms with E-state index in [9.17, 15) is 4.79 Å².